The Morgan fingerprint density at radius 1 is 1.13 bits per heavy atom. The fourth-order valence-electron chi connectivity index (χ4n) is 2.78. The Labute approximate surface area is 172 Å². The quantitative estimate of drug-likeness (QED) is 0.306. The molecular weight excluding hydrogens is 392 g/mol. The average Bonchev–Trinajstić information content (AvgIpc) is 2.76. The second-order valence-electron chi connectivity index (χ2n) is 6.33. The van der Waals surface area contributed by atoms with Gasteiger partial charge in [-0.1, -0.05) is 18.2 Å². The molecule has 0 fully saturated rings. The molecule has 1 aliphatic heterocycles. The van der Waals surface area contributed by atoms with Gasteiger partial charge in [-0.2, -0.15) is 0 Å². The second-order valence-corrected chi connectivity index (χ2v) is 6.33. The number of amides is 1. The number of benzene rings is 2. The van der Waals surface area contributed by atoms with Gasteiger partial charge in [0, 0.05) is 18.7 Å². The lowest BCUT2D eigenvalue weighted by Gasteiger charge is -2.18. The Kier molecular flexibility index (Phi) is 6.99. The number of esters is 1. The van der Waals surface area contributed by atoms with E-state index in [2.05, 4.69) is 5.32 Å². The molecule has 0 saturated heterocycles. The summed E-state index contributed by atoms with van der Waals surface area (Å²) in [5.41, 5.74) is 1.12. The molecule has 9 nitrogen and oxygen atoms in total. The van der Waals surface area contributed by atoms with Gasteiger partial charge in [0.2, 0.25) is 0 Å². The van der Waals surface area contributed by atoms with Crippen molar-refractivity contribution >= 4 is 23.6 Å². The summed E-state index contributed by atoms with van der Waals surface area (Å²) in [7, 11) is 0. The van der Waals surface area contributed by atoms with Crippen LogP contribution in [-0.2, 0) is 20.7 Å². The van der Waals surface area contributed by atoms with Crippen molar-refractivity contribution in [2.75, 3.05) is 26.4 Å². The maximum absolute atomic E-state index is 11.8. The normalized spacial score (nSPS) is 12.4. The van der Waals surface area contributed by atoms with E-state index in [9.17, 15) is 19.7 Å². The Morgan fingerprint density at radius 2 is 1.90 bits per heavy atom. The number of carbonyl (C=O) groups is 2. The smallest absolute Gasteiger partial charge is 0.331 e. The van der Waals surface area contributed by atoms with Gasteiger partial charge < -0.3 is 19.5 Å². The van der Waals surface area contributed by atoms with Gasteiger partial charge >= 0.3 is 5.97 Å². The molecule has 1 aliphatic rings. The van der Waals surface area contributed by atoms with Crippen LogP contribution in [0.5, 0.6) is 11.5 Å². The van der Waals surface area contributed by atoms with Crippen LogP contribution >= 0.6 is 0 Å². The predicted octanol–water partition coefficient (Wildman–Crippen LogP) is 2.28. The zero-order valence-corrected chi connectivity index (χ0v) is 16.0. The number of rotatable bonds is 8. The summed E-state index contributed by atoms with van der Waals surface area (Å²) in [6.07, 6.45) is 2.90. The third kappa shape index (κ3) is 5.81. The van der Waals surface area contributed by atoms with Gasteiger partial charge in [0.05, 0.1) is 10.5 Å². The van der Waals surface area contributed by atoms with Crippen LogP contribution in [0, 0.1) is 10.1 Å². The Morgan fingerprint density at radius 3 is 2.70 bits per heavy atom. The zero-order valence-electron chi connectivity index (χ0n) is 16.0. The number of hydrogen-bond acceptors (Lipinski definition) is 7. The molecule has 2 aromatic rings. The number of nitro benzene ring substituents is 1. The maximum Gasteiger partial charge on any atom is 0.331 e. The maximum atomic E-state index is 11.8. The largest absolute Gasteiger partial charge is 0.486 e. The summed E-state index contributed by atoms with van der Waals surface area (Å²) in [6, 6.07) is 11.6. The first kappa shape index (κ1) is 20.8. The summed E-state index contributed by atoms with van der Waals surface area (Å²) in [4.78, 5) is 34.0. The molecule has 3 rings (SSSR count). The van der Waals surface area contributed by atoms with Crippen LogP contribution in [0.15, 0.2) is 48.5 Å². The van der Waals surface area contributed by atoms with Gasteiger partial charge in [0.25, 0.3) is 11.6 Å². The lowest BCUT2D eigenvalue weighted by atomic mass is 10.1. The highest BCUT2D eigenvalue weighted by Gasteiger charge is 2.12. The molecule has 2 aromatic carbocycles. The average molecular weight is 412 g/mol. The minimum Gasteiger partial charge on any atom is -0.486 e. The first-order valence-corrected chi connectivity index (χ1v) is 9.26. The van der Waals surface area contributed by atoms with Gasteiger partial charge in [-0.05, 0) is 36.3 Å². The number of carbonyl (C=O) groups excluding carboxylic acids is 2. The van der Waals surface area contributed by atoms with Crippen LogP contribution in [0.2, 0.25) is 0 Å². The summed E-state index contributed by atoms with van der Waals surface area (Å²) in [5.74, 6) is 0.175. The lowest BCUT2D eigenvalue weighted by Crippen LogP contribution is -2.30. The third-order valence-corrected chi connectivity index (χ3v) is 4.22. The number of ether oxygens (including phenoxy) is 3. The molecule has 30 heavy (non-hydrogen) atoms. The monoisotopic (exact) mass is 412 g/mol. The van der Waals surface area contributed by atoms with Crippen molar-refractivity contribution in [1.29, 1.82) is 0 Å². The van der Waals surface area contributed by atoms with Crippen LogP contribution in [0.4, 0.5) is 5.69 Å². The van der Waals surface area contributed by atoms with E-state index in [1.54, 1.807) is 6.07 Å². The molecule has 1 N–H and O–H groups in total. The highest BCUT2D eigenvalue weighted by molar-refractivity contribution is 5.89. The molecule has 0 radical (unpaired) electrons. The number of nitrogens with zero attached hydrogens (tertiary/aromatic N) is 1. The molecule has 0 unspecified atom stereocenters. The van der Waals surface area contributed by atoms with Gasteiger partial charge in [-0.15, -0.1) is 0 Å². The van der Waals surface area contributed by atoms with Crippen LogP contribution in [0.1, 0.15) is 11.1 Å². The zero-order chi connectivity index (χ0) is 21.3. The predicted molar refractivity (Wildman–Crippen MR) is 107 cm³/mol. The number of fused-ring (bicyclic) bond motifs is 1. The molecule has 1 amide bonds. The molecule has 0 aliphatic carbocycles. The molecule has 0 aromatic heterocycles. The van der Waals surface area contributed by atoms with Gasteiger partial charge in [0.15, 0.2) is 18.1 Å². The SMILES string of the molecule is O=C(COC(=O)/C=C/c1ccccc1[N+](=O)[O-])NCCc1ccc2c(c1)OCCO2. The van der Waals surface area contributed by atoms with E-state index in [-0.39, 0.29) is 11.3 Å². The van der Waals surface area contributed by atoms with E-state index in [1.807, 2.05) is 18.2 Å². The van der Waals surface area contributed by atoms with Gasteiger partial charge in [-0.25, -0.2) is 4.79 Å². The summed E-state index contributed by atoms with van der Waals surface area (Å²) >= 11 is 0. The van der Waals surface area contributed by atoms with Crippen molar-refractivity contribution in [3.8, 4) is 11.5 Å². The van der Waals surface area contributed by atoms with Crippen molar-refractivity contribution in [2.45, 2.75) is 6.42 Å². The van der Waals surface area contributed by atoms with E-state index >= 15 is 0 Å². The number of nitrogens with one attached hydrogen (secondary N) is 1. The van der Waals surface area contributed by atoms with Crippen molar-refractivity contribution in [3.05, 3.63) is 69.8 Å². The Balaban J connectivity index is 1.40. The minimum absolute atomic E-state index is 0.126. The van der Waals surface area contributed by atoms with Crippen LogP contribution in [0.25, 0.3) is 6.08 Å². The number of para-hydroxylation sites is 1. The Bertz CT molecular complexity index is 972. The number of hydrogen-bond donors (Lipinski definition) is 1. The topological polar surface area (TPSA) is 117 Å². The standard InChI is InChI=1S/C21H20N2O7/c24-20(22-10-9-15-5-7-18-19(13-15)29-12-11-28-18)14-30-21(25)8-6-16-3-1-2-4-17(16)23(26)27/h1-8,13H,9-12,14H2,(H,22,24)/b8-6+. The number of nitro groups is 1. The van der Waals surface area contributed by atoms with Crippen molar-refractivity contribution in [1.82, 2.24) is 5.32 Å². The molecule has 0 spiro atoms. The summed E-state index contributed by atoms with van der Waals surface area (Å²) in [5, 5.41) is 13.6. The molecule has 0 bridgehead atoms. The van der Waals surface area contributed by atoms with Crippen molar-refractivity contribution in [3.63, 3.8) is 0 Å². The highest BCUT2D eigenvalue weighted by Crippen LogP contribution is 2.30. The summed E-state index contributed by atoms with van der Waals surface area (Å²) < 4.78 is 15.8. The molecular formula is C21H20N2O7. The summed E-state index contributed by atoms with van der Waals surface area (Å²) in [6.45, 7) is 0.951. The lowest BCUT2D eigenvalue weighted by molar-refractivity contribution is -0.385. The second kappa shape index (κ2) is 10.1. The van der Waals surface area contributed by atoms with E-state index in [0.717, 1.165) is 11.6 Å². The van der Waals surface area contributed by atoms with Crippen molar-refractivity contribution in [2.24, 2.45) is 0 Å². The van der Waals surface area contributed by atoms with Gasteiger partial charge in [-0.3, -0.25) is 14.9 Å². The van der Waals surface area contributed by atoms with E-state index in [1.165, 1.54) is 24.3 Å². The molecule has 1 heterocycles. The van der Waals surface area contributed by atoms with Gasteiger partial charge in [0.1, 0.15) is 13.2 Å². The fourth-order valence-corrected chi connectivity index (χ4v) is 2.78. The van der Waals surface area contributed by atoms with E-state index in [0.29, 0.717) is 37.7 Å². The highest BCUT2D eigenvalue weighted by atomic mass is 16.6. The van der Waals surface area contributed by atoms with Crippen LogP contribution < -0.4 is 14.8 Å². The molecule has 156 valence electrons. The van der Waals surface area contributed by atoms with E-state index in [4.69, 9.17) is 14.2 Å². The molecule has 0 atom stereocenters. The Hall–Kier alpha value is -3.88. The molecule has 9 heteroatoms. The first-order chi connectivity index (χ1) is 14.5. The van der Waals surface area contributed by atoms with Crippen LogP contribution in [-0.4, -0.2) is 43.2 Å². The van der Waals surface area contributed by atoms with E-state index < -0.39 is 23.4 Å². The van der Waals surface area contributed by atoms with Crippen molar-refractivity contribution < 1.29 is 28.7 Å². The molecule has 0 saturated carbocycles. The fraction of sp³-hybridized carbons (Fsp3) is 0.238. The minimum atomic E-state index is -0.768. The van der Waals surface area contributed by atoms with Crippen LogP contribution in [0.3, 0.4) is 0 Å². The first-order valence-electron chi connectivity index (χ1n) is 9.26. The third-order valence-electron chi connectivity index (χ3n) is 4.22.